The molecule has 0 aliphatic heterocycles. The molecule has 0 saturated carbocycles. The molecule has 0 fully saturated rings. The predicted octanol–water partition coefficient (Wildman–Crippen LogP) is 6.61. The van der Waals surface area contributed by atoms with E-state index in [1.807, 2.05) is 0 Å². The van der Waals surface area contributed by atoms with Gasteiger partial charge in [0.25, 0.3) is 0 Å². The van der Waals surface area contributed by atoms with E-state index in [9.17, 15) is 22.4 Å². The second-order valence-corrected chi connectivity index (χ2v) is 7.16. The number of esters is 1. The topological polar surface area (TPSA) is 43.6 Å². The van der Waals surface area contributed by atoms with Gasteiger partial charge in [-0.15, -0.1) is 0 Å². The molecule has 0 radical (unpaired) electrons. The van der Waals surface area contributed by atoms with Crippen LogP contribution < -0.4 is 0 Å². The number of benzene rings is 1. The van der Waals surface area contributed by atoms with Crippen molar-refractivity contribution in [3.63, 3.8) is 0 Å². The second kappa shape index (κ2) is 8.45. The van der Waals surface area contributed by atoms with Crippen molar-refractivity contribution >= 4 is 52.5 Å². The van der Waals surface area contributed by atoms with Crippen molar-refractivity contribution < 1.29 is 27.1 Å². The van der Waals surface area contributed by atoms with Crippen LogP contribution in [0.2, 0.25) is 10.0 Å². The number of pyridine rings is 1. The minimum absolute atomic E-state index is 0.0780. The summed E-state index contributed by atoms with van der Waals surface area (Å²) in [5.41, 5.74) is -1.39. The van der Waals surface area contributed by atoms with E-state index < -0.39 is 23.7 Å². The van der Waals surface area contributed by atoms with Crippen LogP contribution in [-0.4, -0.2) is 22.0 Å². The van der Waals surface area contributed by atoms with E-state index in [2.05, 4.69) is 4.98 Å². The first-order valence-corrected chi connectivity index (χ1v) is 9.44. The summed E-state index contributed by atoms with van der Waals surface area (Å²) in [5, 5.41) is -0.768. The molecular weight excluding hydrogens is 471 g/mol. The lowest BCUT2D eigenvalue weighted by Gasteiger charge is -2.15. The largest absolute Gasteiger partial charge is 0.462 e. The molecule has 0 spiro atoms. The molecule has 2 heterocycles. The van der Waals surface area contributed by atoms with Gasteiger partial charge in [-0.25, -0.2) is 14.2 Å². The van der Waals surface area contributed by atoms with E-state index in [1.54, 1.807) is 6.92 Å². The number of carbonyl (C=O) groups excluding carboxylic acids is 1. The third kappa shape index (κ3) is 4.26. The molecule has 3 rings (SSSR count). The van der Waals surface area contributed by atoms with Crippen LogP contribution in [-0.2, 0) is 15.7 Å². The lowest BCUT2D eigenvalue weighted by molar-refractivity contribution is -0.142. The SMILES string of the molecule is CCOC(=O)/C(Cl)=C/c1cc(-c2c(Cl)cc(C(F)(F)F)n3ccnc23)c(F)cc1Cl. The highest BCUT2D eigenvalue weighted by atomic mass is 35.5. The van der Waals surface area contributed by atoms with E-state index >= 15 is 0 Å². The van der Waals surface area contributed by atoms with Crippen molar-refractivity contribution in [3.05, 3.63) is 62.7 Å². The number of halogens is 7. The number of nitrogens with zero attached hydrogens (tertiary/aromatic N) is 2. The second-order valence-electron chi connectivity index (χ2n) is 5.94. The van der Waals surface area contributed by atoms with Gasteiger partial charge in [0.2, 0.25) is 0 Å². The Balaban J connectivity index is 2.24. The monoisotopic (exact) mass is 480 g/mol. The Bertz CT molecular complexity index is 1170. The molecule has 4 nitrogen and oxygen atoms in total. The van der Waals surface area contributed by atoms with E-state index in [1.165, 1.54) is 6.07 Å². The summed E-state index contributed by atoms with van der Waals surface area (Å²) < 4.78 is 60.2. The van der Waals surface area contributed by atoms with E-state index in [4.69, 9.17) is 39.5 Å². The molecule has 2 aromatic heterocycles. The number of ether oxygens (including phenoxy) is 1. The first-order valence-electron chi connectivity index (χ1n) is 8.31. The third-order valence-corrected chi connectivity index (χ3v) is 4.91. The average molecular weight is 482 g/mol. The normalized spacial score (nSPS) is 12.5. The molecule has 0 saturated heterocycles. The van der Waals surface area contributed by atoms with Gasteiger partial charge in [0.05, 0.1) is 16.7 Å². The zero-order chi connectivity index (χ0) is 22.2. The Morgan fingerprint density at radius 2 is 1.93 bits per heavy atom. The molecule has 0 N–H and O–H groups in total. The highest BCUT2D eigenvalue weighted by Crippen LogP contribution is 2.40. The Labute approximate surface area is 182 Å². The molecule has 0 bridgehead atoms. The van der Waals surface area contributed by atoms with Crippen LogP contribution in [0.4, 0.5) is 17.6 Å². The first kappa shape index (κ1) is 22.4. The van der Waals surface area contributed by atoms with Crippen LogP contribution in [0.5, 0.6) is 0 Å². The fraction of sp³-hybridized carbons (Fsp3) is 0.158. The average Bonchev–Trinajstić information content (AvgIpc) is 3.12. The highest BCUT2D eigenvalue weighted by molar-refractivity contribution is 6.43. The molecule has 0 aliphatic carbocycles. The number of fused-ring (bicyclic) bond motifs is 1. The number of carbonyl (C=O) groups is 1. The molecular formula is C19H11Cl3F4N2O2. The van der Waals surface area contributed by atoms with Crippen molar-refractivity contribution in [2.24, 2.45) is 0 Å². The van der Waals surface area contributed by atoms with Gasteiger partial charge >= 0.3 is 12.1 Å². The summed E-state index contributed by atoms with van der Waals surface area (Å²) in [7, 11) is 0. The van der Waals surface area contributed by atoms with Crippen LogP contribution in [0.3, 0.4) is 0 Å². The molecule has 0 atom stereocenters. The van der Waals surface area contributed by atoms with Crippen molar-refractivity contribution in [2.45, 2.75) is 13.1 Å². The van der Waals surface area contributed by atoms with Gasteiger partial charge in [-0.1, -0.05) is 34.8 Å². The Morgan fingerprint density at radius 1 is 1.23 bits per heavy atom. The first-order chi connectivity index (χ1) is 14.0. The summed E-state index contributed by atoms with van der Waals surface area (Å²) in [6, 6.07) is 2.83. The Morgan fingerprint density at radius 3 is 2.57 bits per heavy atom. The number of alkyl halides is 3. The summed E-state index contributed by atoms with van der Waals surface area (Å²) in [6.07, 6.45) is -1.33. The summed E-state index contributed by atoms with van der Waals surface area (Å²) in [6.45, 7) is 1.68. The fourth-order valence-corrected chi connectivity index (χ4v) is 3.45. The number of hydrogen-bond donors (Lipinski definition) is 0. The fourth-order valence-electron chi connectivity index (χ4n) is 2.78. The van der Waals surface area contributed by atoms with Crippen LogP contribution in [0.15, 0.2) is 35.6 Å². The standard InChI is InChI=1S/C19H11Cl3F4N2O2/c1-2-30-18(29)13(22)6-9-5-10(14(23)7-11(9)20)16-12(21)8-15(19(24,25)26)28-4-3-27-17(16)28/h3-8H,2H2,1H3/b13-6-. The van der Waals surface area contributed by atoms with Crippen LogP contribution in [0.25, 0.3) is 22.9 Å². The van der Waals surface area contributed by atoms with Crippen molar-refractivity contribution in [1.82, 2.24) is 9.38 Å². The molecule has 11 heteroatoms. The van der Waals surface area contributed by atoms with Crippen molar-refractivity contribution in [3.8, 4) is 11.1 Å². The minimum Gasteiger partial charge on any atom is -0.462 e. The van der Waals surface area contributed by atoms with Crippen LogP contribution >= 0.6 is 34.8 Å². The molecule has 0 amide bonds. The molecule has 1 aromatic carbocycles. The van der Waals surface area contributed by atoms with Crippen molar-refractivity contribution in [2.75, 3.05) is 6.61 Å². The summed E-state index contributed by atoms with van der Waals surface area (Å²) in [5.74, 6) is -1.67. The maximum atomic E-state index is 14.7. The molecule has 158 valence electrons. The number of aromatic nitrogens is 2. The molecule has 0 unspecified atom stereocenters. The maximum Gasteiger partial charge on any atom is 0.431 e. The zero-order valence-corrected chi connectivity index (χ0v) is 17.3. The Hall–Kier alpha value is -2.29. The van der Waals surface area contributed by atoms with Gasteiger partial charge in [-0.3, -0.25) is 4.40 Å². The zero-order valence-electron chi connectivity index (χ0n) is 15.0. The van der Waals surface area contributed by atoms with Gasteiger partial charge in [-0.2, -0.15) is 13.2 Å². The number of hydrogen-bond acceptors (Lipinski definition) is 3. The number of rotatable bonds is 4. The van der Waals surface area contributed by atoms with Gasteiger partial charge < -0.3 is 4.74 Å². The van der Waals surface area contributed by atoms with E-state index in [0.29, 0.717) is 6.07 Å². The Kier molecular flexibility index (Phi) is 6.31. The van der Waals surface area contributed by atoms with Crippen LogP contribution in [0, 0.1) is 5.82 Å². The lowest BCUT2D eigenvalue weighted by Crippen LogP contribution is -2.12. The lowest BCUT2D eigenvalue weighted by atomic mass is 10.0. The van der Waals surface area contributed by atoms with E-state index in [-0.39, 0.29) is 44.0 Å². The smallest absolute Gasteiger partial charge is 0.431 e. The van der Waals surface area contributed by atoms with E-state index in [0.717, 1.165) is 28.9 Å². The predicted molar refractivity (Wildman–Crippen MR) is 106 cm³/mol. The van der Waals surface area contributed by atoms with Crippen LogP contribution in [0.1, 0.15) is 18.2 Å². The van der Waals surface area contributed by atoms with Gasteiger partial charge in [-0.05, 0) is 36.8 Å². The third-order valence-electron chi connectivity index (χ3n) is 4.02. The summed E-state index contributed by atoms with van der Waals surface area (Å²) >= 11 is 18.0. The quantitative estimate of drug-likeness (QED) is 0.239. The highest BCUT2D eigenvalue weighted by Gasteiger charge is 2.35. The minimum atomic E-state index is -4.71. The maximum absolute atomic E-state index is 14.7. The molecule has 3 aromatic rings. The molecule has 30 heavy (non-hydrogen) atoms. The molecule has 0 aliphatic rings. The number of imidazole rings is 1. The van der Waals surface area contributed by atoms with Gasteiger partial charge in [0.15, 0.2) is 0 Å². The van der Waals surface area contributed by atoms with Gasteiger partial charge in [0.1, 0.15) is 22.2 Å². The van der Waals surface area contributed by atoms with Gasteiger partial charge in [0, 0.05) is 23.5 Å². The summed E-state index contributed by atoms with van der Waals surface area (Å²) in [4.78, 5) is 15.6. The van der Waals surface area contributed by atoms with Crippen molar-refractivity contribution in [1.29, 1.82) is 0 Å².